The van der Waals surface area contributed by atoms with Crippen molar-refractivity contribution in [2.75, 3.05) is 20.2 Å². The van der Waals surface area contributed by atoms with Gasteiger partial charge in [-0.15, -0.1) is 0 Å². The van der Waals surface area contributed by atoms with Crippen molar-refractivity contribution in [1.82, 2.24) is 10.2 Å². The molecule has 0 spiro atoms. The van der Waals surface area contributed by atoms with Gasteiger partial charge < -0.3 is 15.0 Å². The first-order valence-electron chi connectivity index (χ1n) is 6.35. The molecule has 5 heteroatoms. The second-order valence-electron chi connectivity index (χ2n) is 4.72. The Balaban J connectivity index is 1.99. The lowest BCUT2D eigenvalue weighted by molar-refractivity contribution is -0.151. The van der Waals surface area contributed by atoms with Crippen molar-refractivity contribution >= 4 is 11.9 Å². The Morgan fingerprint density at radius 1 is 1.24 bits per heavy atom. The van der Waals surface area contributed by atoms with Gasteiger partial charge in [0.1, 0.15) is 6.04 Å². The summed E-state index contributed by atoms with van der Waals surface area (Å²) in [4.78, 5) is 25.6. The van der Waals surface area contributed by atoms with Crippen molar-refractivity contribution in [2.24, 2.45) is 0 Å². The number of hydrogen-bond acceptors (Lipinski definition) is 4. The monoisotopic (exact) mass is 240 g/mol. The van der Waals surface area contributed by atoms with E-state index in [1.54, 1.807) is 4.90 Å². The molecule has 1 amide bonds. The molecule has 2 aliphatic heterocycles. The molecule has 0 aromatic rings. The third-order valence-electron chi connectivity index (χ3n) is 3.62. The predicted octanol–water partition coefficient (Wildman–Crippen LogP) is 0.292. The molecule has 0 aromatic carbocycles. The number of nitrogens with one attached hydrogen (secondary N) is 1. The molecule has 1 unspecified atom stereocenters. The van der Waals surface area contributed by atoms with E-state index in [2.05, 4.69) is 5.32 Å². The van der Waals surface area contributed by atoms with Gasteiger partial charge >= 0.3 is 5.97 Å². The number of esters is 1. The van der Waals surface area contributed by atoms with E-state index in [1.165, 1.54) is 7.11 Å². The molecule has 17 heavy (non-hydrogen) atoms. The van der Waals surface area contributed by atoms with Crippen LogP contribution in [-0.4, -0.2) is 49.1 Å². The van der Waals surface area contributed by atoms with Crippen LogP contribution in [0.1, 0.15) is 32.1 Å². The second kappa shape index (κ2) is 5.49. The summed E-state index contributed by atoms with van der Waals surface area (Å²) in [5.41, 5.74) is 0. The second-order valence-corrected chi connectivity index (χ2v) is 4.72. The summed E-state index contributed by atoms with van der Waals surface area (Å²) in [6.45, 7) is 1.57. The predicted molar refractivity (Wildman–Crippen MR) is 62.4 cm³/mol. The molecule has 5 nitrogen and oxygen atoms in total. The van der Waals surface area contributed by atoms with Gasteiger partial charge in [-0.25, -0.2) is 4.79 Å². The van der Waals surface area contributed by atoms with Crippen LogP contribution < -0.4 is 5.32 Å². The van der Waals surface area contributed by atoms with E-state index in [9.17, 15) is 9.59 Å². The Bertz CT molecular complexity index is 300. The minimum atomic E-state index is -0.365. The smallest absolute Gasteiger partial charge is 0.328 e. The van der Waals surface area contributed by atoms with Crippen molar-refractivity contribution < 1.29 is 14.3 Å². The first-order valence-corrected chi connectivity index (χ1v) is 6.35. The molecule has 2 aliphatic rings. The quantitative estimate of drug-likeness (QED) is 0.705. The number of amides is 1. The van der Waals surface area contributed by atoms with Gasteiger partial charge in [-0.05, 0) is 32.2 Å². The zero-order chi connectivity index (χ0) is 12.3. The highest BCUT2D eigenvalue weighted by Crippen LogP contribution is 2.21. The third kappa shape index (κ3) is 2.60. The van der Waals surface area contributed by atoms with E-state index in [0.29, 0.717) is 6.54 Å². The Kier molecular flexibility index (Phi) is 3.99. The number of nitrogens with zero attached hydrogens (tertiary/aromatic N) is 1. The van der Waals surface area contributed by atoms with Crippen molar-refractivity contribution in [3.05, 3.63) is 0 Å². The summed E-state index contributed by atoms with van der Waals surface area (Å²) in [7, 11) is 1.38. The molecule has 2 fully saturated rings. The van der Waals surface area contributed by atoms with Crippen LogP contribution in [-0.2, 0) is 14.3 Å². The van der Waals surface area contributed by atoms with Crippen LogP contribution in [0.25, 0.3) is 0 Å². The van der Waals surface area contributed by atoms with Crippen molar-refractivity contribution in [2.45, 2.75) is 44.2 Å². The summed E-state index contributed by atoms with van der Waals surface area (Å²) >= 11 is 0. The van der Waals surface area contributed by atoms with Gasteiger partial charge in [0.25, 0.3) is 0 Å². The van der Waals surface area contributed by atoms with E-state index >= 15 is 0 Å². The normalized spacial score (nSPS) is 29.1. The zero-order valence-corrected chi connectivity index (χ0v) is 10.3. The fraction of sp³-hybridized carbons (Fsp3) is 0.833. The number of ether oxygens (including phenoxy) is 1. The molecular weight excluding hydrogens is 220 g/mol. The highest BCUT2D eigenvalue weighted by atomic mass is 16.5. The number of likely N-dealkylation sites (tertiary alicyclic amines) is 1. The minimum Gasteiger partial charge on any atom is -0.467 e. The van der Waals surface area contributed by atoms with Crippen LogP contribution in [0.3, 0.4) is 0 Å². The maximum absolute atomic E-state index is 12.3. The lowest BCUT2D eigenvalue weighted by Gasteiger charge is -2.30. The van der Waals surface area contributed by atoms with Crippen LogP contribution in [0.4, 0.5) is 0 Å². The maximum atomic E-state index is 12.3. The van der Waals surface area contributed by atoms with Gasteiger partial charge in [-0.2, -0.15) is 0 Å². The first kappa shape index (κ1) is 12.4. The summed E-state index contributed by atoms with van der Waals surface area (Å²) < 4.78 is 4.75. The van der Waals surface area contributed by atoms with Crippen LogP contribution in [0.2, 0.25) is 0 Å². The van der Waals surface area contributed by atoms with E-state index < -0.39 is 0 Å². The fourth-order valence-corrected chi connectivity index (χ4v) is 2.67. The summed E-state index contributed by atoms with van der Waals surface area (Å²) in [6.07, 6.45) is 4.71. The highest BCUT2D eigenvalue weighted by Gasteiger charge is 2.37. The zero-order valence-electron chi connectivity index (χ0n) is 10.3. The van der Waals surface area contributed by atoms with Gasteiger partial charge in [0.2, 0.25) is 5.91 Å². The van der Waals surface area contributed by atoms with Crippen LogP contribution >= 0.6 is 0 Å². The molecular formula is C12H20N2O3. The Labute approximate surface area is 101 Å². The molecule has 0 aliphatic carbocycles. The SMILES string of the molecule is COC(=O)C1CCCN1C(=O)[C@@H]1CCCCN1. The topological polar surface area (TPSA) is 58.6 Å². The molecule has 0 radical (unpaired) electrons. The standard InChI is InChI=1S/C12H20N2O3/c1-17-12(16)10-6-4-8-14(10)11(15)9-5-2-3-7-13-9/h9-10,13H,2-8H2,1H3/t9-,10?/m0/s1. The van der Waals surface area contributed by atoms with Crippen LogP contribution in [0, 0.1) is 0 Å². The van der Waals surface area contributed by atoms with Crippen LogP contribution in [0.5, 0.6) is 0 Å². The number of hydrogen-bond donors (Lipinski definition) is 1. The van der Waals surface area contributed by atoms with Gasteiger partial charge in [0, 0.05) is 6.54 Å². The molecule has 0 bridgehead atoms. The van der Waals surface area contributed by atoms with E-state index in [4.69, 9.17) is 4.74 Å². The number of rotatable bonds is 2. The van der Waals surface area contributed by atoms with E-state index in [0.717, 1.165) is 38.6 Å². The molecule has 2 heterocycles. The Morgan fingerprint density at radius 3 is 2.71 bits per heavy atom. The van der Waals surface area contributed by atoms with E-state index in [1.807, 2.05) is 0 Å². The third-order valence-corrected chi connectivity index (χ3v) is 3.62. The minimum absolute atomic E-state index is 0.0672. The molecule has 0 aromatic heterocycles. The first-order chi connectivity index (χ1) is 8.24. The van der Waals surface area contributed by atoms with Gasteiger partial charge in [0.05, 0.1) is 13.2 Å². The summed E-state index contributed by atoms with van der Waals surface area (Å²) in [6, 6.07) is -0.467. The summed E-state index contributed by atoms with van der Waals surface area (Å²) in [5, 5.41) is 3.23. The van der Waals surface area contributed by atoms with Gasteiger partial charge in [0.15, 0.2) is 0 Å². The average Bonchev–Trinajstić information content (AvgIpc) is 2.87. The lowest BCUT2D eigenvalue weighted by atomic mass is 10.0. The number of piperidine rings is 1. The molecule has 1 N–H and O–H groups in total. The maximum Gasteiger partial charge on any atom is 0.328 e. The Morgan fingerprint density at radius 2 is 2.06 bits per heavy atom. The average molecular weight is 240 g/mol. The number of carbonyl (C=O) groups is 2. The van der Waals surface area contributed by atoms with Crippen molar-refractivity contribution in [3.8, 4) is 0 Å². The number of methoxy groups -OCH3 is 1. The highest BCUT2D eigenvalue weighted by molar-refractivity contribution is 5.88. The van der Waals surface area contributed by atoms with E-state index in [-0.39, 0.29) is 24.0 Å². The molecule has 96 valence electrons. The summed E-state index contributed by atoms with van der Waals surface area (Å²) in [5.74, 6) is -0.218. The van der Waals surface area contributed by atoms with Crippen LogP contribution in [0.15, 0.2) is 0 Å². The van der Waals surface area contributed by atoms with Gasteiger partial charge in [-0.3, -0.25) is 4.79 Å². The molecule has 0 saturated carbocycles. The fourth-order valence-electron chi connectivity index (χ4n) is 2.67. The van der Waals surface area contributed by atoms with Gasteiger partial charge in [-0.1, -0.05) is 6.42 Å². The lowest BCUT2D eigenvalue weighted by Crippen LogP contribution is -2.51. The molecule has 2 rings (SSSR count). The largest absolute Gasteiger partial charge is 0.467 e. The molecule has 2 saturated heterocycles. The molecule has 2 atom stereocenters. The van der Waals surface area contributed by atoms with Crippen molar-refractivity contribution in [3.63, 3.8) is 0 Å². The number of carbonyl (C=O) groups excluding carboxylic acids is 2. The Hall–Kier alpha value is -1.10. The van der Waals surface area contributed by atoms with Crippen molar-refractivity contribution in [1.29, 1.82) is 0 Å².